The molecule has 2 aromatic rings. The van der Waals surface area contributed by atoms with Gasteiger partial charge in [-0.15, -0.1) is 0 Å². The Morgan fingerprint density at radius 1 is 1.35 bits per heavy atom. The van der Waals surface area contributed by atoms with Crippen LogP contribution in [0.4, 0.5) is 10.1 Å². The molecule has 17 heavy (non-hydrogen) atoms. The largest absolute Gasteiger partial charge is 0.469 e. The van der Waals surface area contributed by atoms with E-state index in [4.69, 9.17) is 4.42 Å². The fourth-order valence-corrected chi connectivity index (χ4v) is 2.18. The van der Waals surface area contributed by atoms with E-state index in [0.717, 1.165) is 11.3 Å². The molecule has 2 heterocycles. The number of fused-ring (bicyclic) bond motifs is 1. The van der Waals surface area contributed by atoms with E-state index in [1.165, 1.54) is 12.1 Å². The van der Waals surface area contributed by atoms with E-state index in [1.54, 1.807) is 18.4 Å². The molecule has 1 unspecified atom stereocenters. The van der Waals surface area contributed by atoms with Crippen molar-refractivity contribution in [3.63, 3.8) is 0 Å². The average molecular weight is 231 g/mol. The van der Waals surface area contributed by atoms with Crippen molar-refractivity contribution in [3.05, 3.63) is 53.7 Å². The number of benzene rings is 1. The number of anilines is 1. The molecule has 0 fully saturated rings. The molecule has 0 spiro atoms. The summed E-state index contributed by atoms with van der Waals surface area (Å²) in [5.74, 6) is 0.121. The van der Waals surface area contributed by atoms with Gasteiger partial charge < -0.3 is 9.73 Å². The molecule has 1 aromatic carbocycles. The highest BCUT2D eigenvalue weighted by atomic mass is 19.1. The van der Waals surface area contributed by atoms with Crippen molar-refractivity contribution in [1.82, 2.24) is 0 Å². The van der Waals surface area contributed by atoms with E-state index in [1.807, 2.05) is 6.07 Å². The van der Waals surface area contributed by atoms with E-state index >= 15 is 0 Å². The molecule has 0 aliphatic carbocycles. The Labute approximate surface area is 97.2 Å². The number of amides is 1. The summed E-state index contributed by atoms with van der Waals surface area (Å²) in [7, 11) is 0. The van der Waals surface area contributed by atoms with Crippen LogP contribution in [0.2, 0.25) is 0 Å². The van der Waals surface area contributed by atoms with Gasteiger partial charge in [0.25, 0.3) is 0 Å². The number of halogens is 1. The van der Waals surface area contributed by atoms with E-state index in [2.05, 4.69) is 5.32 Å². The first-order valence-corrected chi connectivity index (χ1v) is 5.37. The van der Waals surface area contributed by atoms with Crippen molar-refractivity contribution in [3.8, 4) is 0 Å². The summed E-state index contributed by atoms with van der Waals surface area (Å²) >= 11 is 0. The molecule has 0 radical (unpaired) electrons. The van der Waals surface area contributed by atoms with E-state index in [0.29, 0.717) is 12.1 Å². The summed E-state index contributed by atoms with van der Waals surface area (Å²) in [4.78, 5) is 11.6. The van der Waals surface area contributed by atoms with Crippen molar-refractivity contribution >= 4 is 11.6 Å². The maximum absolute atomic E-state index is 13.1. The molecule has 4 heteroatoms. The zero-order valence-corrected chi connectivity index (χ0v) is 8.94. The molecule has 0 bridgehead atoms. The average Bonchev–Trinajstić information content (AvgIpc) is 2.80. The number of rotatable bonds is 1. The minimum Gasteiger partial charge on any atom is -0.469 e. The second-order valence-corrected chi connectivity index (χ2v) is 4.05. The first kappa shape index (κ1) is 10.1. The highest BCUT2D eigenvalue weighted by Crippen LogP contribution is 2.37. The topological polar surface area (TPSA) is 42.2 Å². The lowest BCUT2D eigenvalue weighted by Crippen LogP contribution is -2.23. The van der Waals surface area contributed by atoms with Gasteiger partial charge in [-0.3, -0.25) is 4.79 Å². The van der Waals surface area contributed by atoms with Crippen LogP contribution in [0.3, 0.4) is 0 Å². The van der Waals surface area contributed by atoms with Crippen LogP contribution in [0.1, 0.15) is 23.7 Å². The maximum Gasteiger partial charge on any atom is 0.225 e. The number of hydrogen-bond donors (Lipinski definition) is 1. The van der Waals surface area contributed by atoms with Crippen LogP contribution in [-0.2, 0) is 4.79 Å². The van der Waals surface area contributed by atoms with Crippen LogP contribution < -0.4 is 5.32 Å². The molecule has 0 saturated heterocycles. The minimum absolute atomic E-state index is 0.121. The minimum atomic E-state index is -0.357. The van der Waals surface area contributed by atoms with E-state index in [9.17, 15) is 9.18 Å². The molecule has 1 amide bonds. The molecule has 3 nitrogen and oxygen atoms in total. The standard InChI is InChI=1S/C13H10FNO2/c14-8-3-4-9-10(12-2-1-5-17-12)7-13(16)15-11(9)6-8/h1-6,10H,7H2,(H,15,16). The third-order valence-electron chi connectivity index (χ3n) is 2.94. The second kappa shape index (κ2) is 3.73. The molecular formula is C13H10FNO2. The smallest absolute Gasteiger partial charge is 0.225 e. The molecule has 1 aliphatic heterocycles. The van der Waals surface area contributed by atoms with Crippen LogP contribution in [0.15, 0.2) is 41.0 Å². The lowest BCUT2D eigenvalue weighted by atomic mass is 9.88. The first-order valence-electron chi connectivity index (χ1n) is 5.37. The number of carbonyl (C=O) groups is 1. The third-order valence-corrected chi connectivity index (χ3v) is 2.94. The number of carbonyl (C=O) groups excluding carboxylic acids is 1. The summed E-state index contributed by atoms with van der Waals surface area (Å²) in [6.45, 7) is 0. The van der Waals surface area contributed by atoms with Gasteiger partial charge in [0.05, 0.1) is 12.2 Å². The highest BCUT2D eigenvalue weighted by molar-refractivity contribution is 5.95. The zero-order chi connectivity index (χ0) is 11.8. The Balaban J connectivity index is 2.11. The lowest BCUT2D eigenvalue weighted by molar-refractivity contribution is -0.116. The SMILES string of the molecule is O=C1CC(c2ccco2)c2ccc(F)cc2N1. The van der Waals surface area contributed by atoms with Crippen LogP contribution in [0.5, 0.6) is 0 Å². The van der Waals surface area contributed by atoms with Crippen LogP contribution in [0, 0.1) is 5.82 Å². The summed E-state index contributed by atoms with van der Waals surface area (Å²) in [6.07, 6.45) is 1.90. The second-order valence-electron chi connectivity index (χ2n) is 4.05. The zero-order valence-electron chi connectivity index (χ0n) is 8.94. The molecule has 1 N–H and O–H groups in total. The van der Waals surface area contributed by atoms with Gasteiger partial charge in [-0.2, -0.15) is 0 Å². The van der Waals surface area contributed by atoms with Gasteiger partial charge in [0.15, 0.2) is 0 Å². The summed E-state index contributed by atoms with van der Waals surface area (Å²) in [5.41, 5.74) is 1.42. The molecule has 86 valence electrons. The van der Waals surface area contributed by atoms with Gasteiger partial charge >= 0.3 is 0 Å². The van der Waals surface area contributed by atoms with Gasteiger partial charge in [-0.1, -0.05) is 6.07 Å². The van der Waals surface area contributed by atoms with Crippen LogP contribution >= 0.6 is 0 Å². The quantitative estimate of drug-likeness (QED) is 0.819. The van der Waals surface area contributed by atoms with Gasteiger partial charge in [0, 0.05) is 12.1 Å². The first-order chi connectivity index (χ1) is 8.24. The van der Waals surface area contributed by atoms with Crippen LogP contribution in [-0.4, -0.2) is 5.91 Å². The normalized spacial score (nSPS) is 18.6. The van der Waals surface area contributed by atoms with Crippen molar-refractivity contribution in [2.24, 2.45) is 0 Å². The van der Waals surface area contributed by atoms with E-state index < -0.39 is 0 Å². The Hall–Kier alpha value is -2.10. The Morgan fingerprint density at radius 2 is 2.24 bits per heavy atom. The molecule has 0 saturated carbocycles. The number of hydrogen-bond acceptors (Lipinski definition) is 2. The molecule has 1 atom stereocenters. The molecule has 1 aromatic heterocycles. The molecule has 3 rings (SSSR count). The summed E-state index contributed by atoms with van der Waals surface area (Å²) in [5, 5.41) is 2.67. The fraction of sp³-hybridized carbons (Fsp3) is 0.154. The predicted molar refractivity (Wildman–Crippen MR) is 60.2 cm³/mol. The van der Waals surface area contributed by atoms with Gasteiger partial charge in [-0.05, 0) is 29.8 Å². The van der Waals surface area contributed by atoms with E-state index in [-0.39, 0.29) is 17.6 Å². The summed E-state index contributed by atoms with van der Waals surface area (Å²) < 4.78 is 18.5. The number of nitrogens with one attached hydrogen (secondary N) is 1. The van der Waals surface area contributed by atoms with Crippen LogP contribution in [0.25, 0.3) is 0 Å². The lowest BCUT2D eigenvalue weighted by Gasteiger charge is -2.24. The van der Waals surface area contributed by atoms with Gasteiger partial charge in [0.1, 0.15) is 11.6 Å². The van der Waals surface area contributed by atoms with Crippen molar-refractivity contribution in [2.75, 3.05) is 5.32 Å². The third kappa shape index (κ3) is 1.71. The van der Waals surface area contributed by atoms with Crippen molar-refractivity contribution in [1.29, 1.82) is 0 Å². The fourth-order valence-electron chi connectivity index (χ4n) is 2.18. The Morgan fingerprint density at radius 3 is 3.00 bits per heavy atom. The predicted octanol–water partition coefficient (Wildman–Crippen LogP) is 2.89. The van der Waals surface area contributed by atoms with Gasteiger partial charge in [0.2, 0.25) is 5.91 Å². The van der Waals surface area contributed by atoms with Crippen molar-refractivity contribution < 1.29 is 13.6 Å². The Kier molecular flexibility index (Phi) is 2.21. The Bertz CT molecular complexity index is 563. The maximum atomic E-state index is 13.1. The summed E-state index contributed by atoms with van der Waals surface area (Å²) in [6, 6.07) is 8.04. The van der Waals surface area contributed by atoms with Gasteiger partial charge in [-0.25, -0.2) is 4.39 Å². The molecule has 1 aliphatic rings. The molecular weight excluding hydrogens is 221 g/mol. The monoisotopic (exact) mass is 231 g/mol. The van der Waals surface area contributed by atoms with Crippen molar-refractivity contribution in [2.45, 2.75) is 12.3 Å². The highest BCUT2D eigenvalue weighted by Gasteiger charge is 2.28. The number of furan rings is 1.